The van der Waals surface area contributed by atoms with Gasteiger partial charge < -0.3 is 20.1 Å². The molecule has 0 amide bonds. The predicted octanol–water partition coefficient (Wildman–Crippen LogP) is 27.5. The molecule has 0 spiro atoms. The van der Waals surface area contributed by atoms with Gasteiger partial charge in [0.1, 0.15) is 6.61 Å². The first-order chi connectivity index (χ1) is 47.8. The molecule has 3 N–H and O–H groups in total. The monoisotopic (exact) mass is 1370 g/mol. The van der Waals surface area contributed by atoms with Crippen LogP contribution in [-0.4, -0.2) is 49.3 Å². The van der Waals surface area contributed by atoms with Crippen LogP contribution in [0.2, 0.25) is 0 Å². The summed E-state index contributed by atoms with van der Waals surface area (Å²) in [5, 5.41) is 0. The fourth-order valence-corrected chi connectivity index (χ4v) is 12.3. The number of phosphoric ester groups is 1. The lowest BCUT2D eigenvalue weighted by molar-refractivity contribution is -0.161. The molecule has 0 aliphatic carbocycles. The first kappa shape index (κ1) is 93.2. The number of nitrogens with two attached hydrogens (primary N) is 1. The van der Waals surface area contributed by atoms with E-state index in [2.05, 4.69) is 148 Å². The molecule has 0 heterocycles. The lowest BCUT2D eigenvalue weighted by atomic mass is 10.0. The van der Waals surface area contributed by atoms with Crippen molar-refractivity contribution in [2.24, 2.45) is 5.73 Å². The molecular weight excluding hydrogens is 1220 g/mol. The van der Waals surface area contributed by atoms with Crippen molar-refractivity contribution in [2.75, 3.05) is 26.4 Å². The van der Waals surface area contributed by atoms with Gasteiger partial charge in [0, 0.05) is 19.4 Å². The second-order valence-corrected chi connectivity index (χ2v) is 28.4. The van der Waals surface area contributed by atoms with E-state index in [4.69, 9.17) is 24.3 Å². The van der Waals surface area contributed by atoms with E-state index in [-0.39, 0.29) is 38.6 Å². The van der Waals surface area contributed by atoms with E-state index in [1.807, 2.05) is 0 Å². The molecule has 0 aromatic heterocycles. The van der Waals surface area contributed by atoms with E-state index in [0.29, 0.717) is 6.42 Å². The molecule has 2 unspecified atom stereocenters. The average Bonchev–Trinajstić information content (AvgIpc) is 2.88. The van der Waals surface area contributed by atoms with Gasteiger partial charge in [0.15, 0.2) is 6.10 Å². The summed E-state index contributed by atoms with van der Waals surface area (Å²) in [5.41, 5.74) is 5.42. The SMILES string of the molecule is CC/C=C\C/C=C\C/C=C\C/C=C\C/C=C\C/C=C\C/C=C\C/C=C\C/C=C\CCCCCCCCCCCCCC(=O)OC(COC(=O)CCCCCCCCCCCCCCCCCCCCCCCCCCC/C=C\C/C=C\CCCCCCC)COP(=O)(O)OCCN. The van der Waals surface area contributed by atoms with E-state index in [9.17, 15) is 19.0 Å². The maximum absolute atomic E-state index is 12.8. The zero-order valence-electron chi connectivity index (χ0n) is 63.0. The zero-order valence-corrected chi connectivity index (χ0v) is 63.9. The van der Waals surface area contributed by atoms with Gasteiger partial charge in [0.05, 0.1) is 13.2 Å². The van der Waals surface area contributed by atoms with E-state index in [1.165, 1.54) is 231 Å². The smallest absolute Gasteiger partial charge is 0.462 e. The van der Waals surface area contributed by atoms with Crippen molar-refractivity contribution in [3.05, 3.63) is 134 Å². The van der Waals surface area contributed by atoms with Crippen LogP contribution in [-0.2, 0) is 32.7 Å². The molecule has 0 aliphatic rings. The first-order valence-electron chi connectivity index (χ1n) is 40.7. The summed E-state index contributed by atoms with van der Waals surface area (Å²) < 4.78 is 33.3. The first-order valence-corrected chi connectivity index (χ1v) is 42.2. The number of allylic oxidation sites excluding steroid dienone is 22. The quantitative estimate of drug-likeness (QED) is 0.0264. The second-order valence-electron chi connectivity index (χ2n) is 26.9. The number of hydrogen-bond acceptors (Lipinski definition) is 8. The van der Waals surface area contributed by atoms with Crippen LogP contribution in [0.3, 0.4) is 0 Å². The highest BCUT2D eigenvalue weighted by Gasteiger charge is 2.26. The number of esters is 2. The lowest BCUT2D eigenvalue weighted by Gasteiger charge is -2.19. The highest BCUT2D eigenvalue weighted by Crippen LogP contribution is 2.43. The number of carbonyl (C=O) groups excluding carboxylic acids is 2. The standard InChI is InChI=1S/C87H152NO8P/c1-3-5-7-9-11-13-15-17-19-21-23-25-27-29-31-33-35-37-39-41-42-44-46-48-50-52-54-56-58-60-62-64-66-68-70-72-74-76-78-80-87(90)96-85(84-95-97(91,92)94-82-81-88)83-93-86(89)79-77-75-73-71-69-67-65-63-61-59-57-55-53-51-49-47-45-43-40-38-36-34-32-30-28-26-24-22-20-18-16-14-12-10-8-6-4-2/h5,7,11,13,16-19,22-25,29,31,35,37,41-42,46,48,52,54,85H,3-4,6,8-10,12,14-15,20-21,26-28,30,32-34,36,38-40,43-45,47,49-51,53,55-84,88H2,1-2H3,(H,91,92)/b7-5-,13-11-,18-16-,19-17-,24-22-,25-23-,31-29-,37-35-,42-41-,48-46-,54-52-. The van der Waals surface area contributed by atoms with Crippen LogP contribution in [0, 0.1) is 0 Å². The zero-order chi connectivity index (χ0) is 70.0. The largest absolute Gasteiger partial charge is 0.472 e. The number of phosphoric acid groups is 1. The molecule has 0 fully saturated rings. The van der Waals surface area contributed by atoms with Gasteiger partial charge in [0.25, 0.3) is 0 Å². The van der Waals surface area contributed by atoms with Crippen LogP contribution < -0.4 is 5.73 Å². The van der Waals surface area contributed by atoms with Gasteiger partial charge in [-0.2, -0.15) is 0 Å². The van der Waals surface area contributed by atoms with Crippen molar-refractivity contribution in [1.29, 1.82) is 0 Å². The Balaban J connectivity index is 3.84. The molecule has 9 nitrogen and oxygen atoms in total. The minimum Gasteiger partial charge on any atom is -0.462 e. The Morgan fingerprint density at radius 1 is 0.320 bits per heavy atom. The third-order valence-electron chi connectivity index (χ3n) is 17.5. The molecular formula is C87H152NO8P. The van der Waals surface area contributed by atoms with Crippen LogP contribution in [0.15, 0.2) is 134 Å². The van der Waals surface area contributed by atoms with Gasteiger partial charge in [-0.05, 0) is 116 Å². The van der Waals surface area contributed by atoms with Gasteiger partial charge in [0.2, 0.25) is 0 Å². The number of ether oxygens (including phenoxy) is 2. The van der Waals surface area contributed by atoms with Gasteiger partial charge in [-0.15, -0.1) is 0 Å². The van der Waals surface area contributed by atoms with Crippen molar-refractivity contribution in [2.45, 2.75) is 380 Å². The molecule has 0 aliphatic heterocycles. The minimum atomic E-state index is -4.40. The van der Waals surface area contributed by atoms with Crippen molar-refractivity contribution in [3.63, 3.8) is 0 Å². The van der Waals surface area contributed by atoms with Gasteiger partial charge in [-0.1, -0.05) is 379 Å². The molecule has 0 saturated heterocycles. The van der Waals surface area contributed by atoms with Gasteiger partial charge in [-0.3, -0.25) is 18.6 Å². The Bertz CT molecular complexity index is 2060. The minimum absolute atomic E-state index is 0.0495. The van der Waals surface area contributed by atoms with E-state index in [1.54, 1.807) is 0 Å². The fraction of sp³-hybridized carbons (Fsp3) is 0.724. The Morgan fingerprint density at radius 3 is 0.845 bits per heavy atom. The third-order valence-corrected chi connectivity index (χ3v) is 18.5. The normalized spacial score (nSPS) is 13.6. The summed E-state index contributed by atoms with van der Waals surface area (Å²) in [6.45, 7) is 3.65. The number of carbonyl (C=O) groups is 2. The van der Waals surface area contributed by atoms with Crippen LogP contribution >= 0.6 is 7.82 Å². The van der Waals surface area contributed by atoms with Crippen LogP contribution in [0.25, 0.3) is 0 Å². The Kier molecular flexibility index (Phi) is 77.9. The fourth-order valence-electron chi connectivity index (χ4n) is 11.5. The topological polar surface area (TPSA) is 134 Å². The van der Waals surface area contributed by atoms with Crippen molar-refractivity contribution >= 4 is 19.8 Å². The number of rotatable bonds is 76. The number of hydrogen-bond donors (Lipinski definition) is 2. The molecule has 0 saturated carbocycles. The summed E-state index contributed by atoms with van der Waals surface area (Å²) >= 11 is 0. The Hall–Kier alpha value is -3.85. The van der Waals surface area contributed by atoms with Crippen molar-refractivity contribution < 1.29 is 37.6 Å². The molecule has 97 heavy (non-hydrogen) atoms. The lowest BCUT2D eigenvalue weighted by Crippen LogP contribution is -2.29. The summed E-state index contributed by atoms with van der Waals surface area (Å²) in [7, 11) is -4.40. The molecule has 10 heteroatoms. The van der Waals surface area contributed by atoms with Gasteiger partial charge >= 0.3 is 19.8 Å². The third kappa shape index (κ3) is 81.0. The van der Waals surface area contributed by atoms with Crippen molar-refractivity contribution in [3.8, 4) is 0 Å². The molecule has 0 bridgehead atoms. The summed E-state index contributed by atoms with van der Waals surface area (Å²) in [6, 6.07) is 0. The Morgan fingerprint density at radius 2 is 0.567 bits per heavy atom. The molecule has 0 radical (unpaired) electrons. The summed E-state index contributed by atoms with van der Waals surface area (Å²) in [6.07, 6.45) is 116. The molecule has 0 aromatic rings. The maximum atomic E-state index is 12.8. The van der Waals surface area contributed by atoms with E-state index >= 15 is 0 Å². The summed E-state index contributed by atoms with van der Waals surface area (Å²) in [4.78, 5) is 35.5. The second kappa shape index (κ2) is 81.1. The summed E-state index contributed by atoms with van der Waals surface area (Å²) in [5.74, 6) is -0.822. The Labute approximate surface area is 599 Å². The van der Waals surface area contributed by atoms with Crippen LogP contribution in [0.4, 0.5) is 0 Å². The molecule has 2 atom stereocenters. The van der Waals surface area contributed by atoms with Crippen molar-refractivity contribution in [1.82, 2.24) is 0 Å². The van der Waals surface area contributed by atoms with E-state index in [0.717, 1.165) is 109 Å². The molecule has 0 aromatic carbocycles. The highest BCUT2D eigenvalue weighted by atomic mass is 31.2. The number of unbranched alkanes of at least 4 members (excludes halogenated alkanes) is 41. The average molecular weight is 1370 g/mol. The van der Waals surface area contributed by atoms with Gasteiger partial charge in [-0.25, -0.2) is 4.57 Å². The van der Waals surface area contributed by atoms with E-state index < -0.39 is 26.5 Å². The van der Waals surface area contributed by atoms with Crippen LogP contribution in [0.5, 0.6) is 0 Å². The maximum Gasteiger partial charge on any atom is 0.472 e. The highest BCUT2D eigenvalue weighted by molar-refractivity contribution is 7.47. The van der Waals surface area contributed by atoms with Crippen LogP contribution in [0.1, 0.15) is 373 Å². The predicted molar refractivity (Wildman–Crippen MR) is 422 cm³/mol. The molecule has 558 valence electrons. The molecule has 0 rings (SSSR count).